The van der Waals surface area contributed by atoms with Crippen LogP contribution in [0.2, 0.25) is 0 Å². The van der Waals surface area contributed by atoms with E-state index < -0.39 is 10.7 Å². The number of ketones is 1. The van der Waals surface area contributed by atoms with Gasteiger partial charge in [-0.1, -0.05) is 6.92 Å². The summed E-state index contributed by atoms with van der Waals surface area (Å²) in [6, 6.07) is 1.02. The van der Waals surface area contributed by atoms with Crippen molar-refractivity contribution in [2.75, 3.05) is 0 Å². The lowest BCUT2D eigenvalue weighted by atomic mass is 10.2. The largest absolute Gasteiger partial charge is 0.414 e. The van der Waals surface area contributed by atoms with Crippen LogP contribution >= 0.6 is 0 Å². The fourth-order valence-corrected chi connectivity index (χ4v) is 0.658. The predicted octanol–water partition coefficient (Wildman–Crippen LogP) is 1.18. The summed E-state index contributed by atoms with van der Waals surface area (Å²) in [6.07, 6.45) is 0.242. The Kier molecular flexibility index (Phi) is 2.18. The second-order valence-corrected chi connectivity index (χ2v) is 2.08. The highest BCUT2D eigenvalue weighted by atomic mass is 16.6. The number of aromatic nitrogens is 1. The zero-order valence-corrected chi connectivity index (χ0v) is 6.31. The van der Waals surface area contributed by atoms with E-state index >= 15 is 0 Å². The van der Waals surface area contributed by atoms with Crippen LogP contribution in [-0.2, 0) is 0 Å². The third-order valence-electron chi connectivity index (χ3n) is 1.28. The van der Waals surface area contributed by atoms with Gasteiger partial charge in [-0.25, -0.2) is 0 Å². The molecule has 0 fully saturated rings. The third kappa shape index (κ3) is 1.47. The molecule has 6 nitrogen and oxygen atoms in total. The number of rotatable bonds is 3. The van der Waals surface area contributed by atoms with E-state index in [-0.39, 0.29) is 18.0 Å². The molecule has 1 aromatic rings. The van der Waals surface area contributed by atoms with Crippen LogP contribution in [0.4, 0.5) is 5.82 Å². The summed E-state index contributed by atoms with van der Waals surface area (Å²) in [7, 11) is 0. The van der Waals surface area contributed by atoms with Crippen LogP contribution in [0.3, 0.4) is 0 Å². The highest BCUT2D eigenvalue weighted by Gasteiger charge is 2.18. The van der Waals surface area contributed by atoms with Crippen molar-refractivity contribution in [1.82, 2.24) is 5.16 Å². The molecule has 0 saturated heterocycles. The minimum absolute atomic E-state index is 0.0656. The maximum absolute atomic E-state index is 10.9. The van der Waals surface area contributed by atoms with Crippen molar-refractivity contribution in [3.8, 4) is 0 Å². The number of carbonyl (C=O) groups excluding carboxylic acids is 1. The molecule has 0 N–H and O–H groups in total. The number of nitro groups is 1. The molecular formula is C6H6N2O4. The molecule has 0 amide bonds. The van der Waals surface area contributed by atoms with E-state index in [1.165, 1.54) is 0 Å². The van der Waals surface area contributed by atoms with E-state index in [1.807, 2.05) is 0 Å². The SMILES string of the molecule is CCC(=O)c1cc([N+](=O)[O-])no1. The highest BCUT2D eigenvalue weighted by molar-refractivity contribution is 5.93. The van der Waals surface area contributed by atoms with Gasteiger partial charge in [-0.3, -0.25) is 9.32 Å². The average molecular weight is 170 g/mol. The summed E-state index contributed by atoms with van der Waals surface area (Å²) in [4.78, 5) is 20.3. The third-order valence-corrected chi connectivity index (χ3v) is 1.28. The predicted molar refractivity (Wildman–Crippen MR) is 37.8 cm³/mol. The number of nitrogens with zero attached hydrogens (tertiary/aromatic N) is 2. The number of hydrogen-bond acceptors (Lipinski definition) is 5. The molecule has 64 valence electrons. The molecule has 0 radical (unpaired) electrons. The Balaban J connectivity index is 2.91. The van der Waals surface area contributed by atoms with Crippen LogP contribution in [0, 0.1) is 10.1 Å². The molecular weight excluding hydrogens is 164 g/mol. The maximum atomic E-state index is 10.9. The van der Waals surface area contributed by atoms with Gasteiger partial charge in [-0.2, -0.15) is 0 Å². The van der Waals surface area contributed by atoms with E-state index in [2.05, 4.69) is 9.68 Å². The fourth-order valence-electron chi connectivity index (χ4n) is 0.658. The molecule has 0 atom stereocenters. The number of hydrogen-bond donors (Lipinski definition) is 0. The molecule has 0 unspecified atom stereocenters. The molecule has 0 aliphatic rings. The molecule has 0 aliphatic heterocycles. The van der Waals surface area contributed by atoms with Crippen LogP contribution < -0.4 is 0 Å². The fraction of sp³-hybridized carbons (Fsp3) is 0.333. The summed E-state index contributed by atoms with van der Waals surface area (Å²) in [5.41, 5.74) is 0. The molecule has 0 aromatic carbocycles. The summed E-state index contributed by atoms with van der Waals surface area (Å²) < 4.78 is 4.44. The van der Waals surface area contributed by atoms with Crippen molar-refractivity contribution in [3.05, 3.63) is 21.9 Å². The lowest BCUT2D eigenvalue weighted by molar-refractivity contribution is -0.390. The van der Waals surface area contributed by atoms with Gasteiger partial charge in [0.25, 0.3) is 0 Å². The van der Waals surface area contributed by atoms with Gasteiger partial charge in [-0.15, -0.1) is 0 Å². The van der Waals surface area contributed by atoms with E-state index in [9.17, 15) is 14.9 Å². The second kappa shape index (κ2) is 3.12. The van der Waals surface area contributed by atoms with Gasteiger partial charge in [0.15, 0.2) is 5.16 Å². The van der Waals surface area contributed by atoms with Crippen LogP contribution in [-0.4, -0.2) is 15.9 Å². The standard InChI is InChI=1S/C6H6N2O4/c1-2-4(9)5-3-6(7-12-5)8(10)11/h3H,2H2,1H3. The monoisotopic (exact) mass is 170 g/mol. The molecule has 0 saturated carbocycles. The second-order valence-electron chi connectivity index (χ2n) is 2.08. The first-order chi connectivity index (χ1) is 5.65. The van der Waals surface area contributed by atoms with Crippen molar-refractivity contribution in [3.63, 3.8) is 0 Å². The summed E-state index contributed by atoms with van der Waals surface area (Å²) in [6.45, 7) is 1.64. The van der Waals surface area contributed by atoms with Crippen LogP contribution in [0.5, 0.6) is 0 Å². The Morgan fingerprint density at radius 3 is 2.92 bits per heavy atom. The van der Waals surface area contributed by atoms with E-state index in [0.717, 1.165) is 6.07 Å². The molecule has 1 rings (SSSR count). The Labute approximate surface area is 67.3 Å². The topological polar surface area (TPSA) is 86.2 Å². The summed E-state index contributed by atoms with van der Waals surface area (Å²) >= 11 is 0. The Hall–Kier alpha value is -1.72. The van der Waals surface area contributed by atoms with E-state index in [1.54, 1.807) is 6.92 Å². The minimum Gasteiger partial charge on any atom is -0.358 e. The zero-order valence-electron chi connectivity index (χ0n) is 6.31. The van der Waals surface area contributed by atoms with Gasteiger partial charge >= 0.3 is 5.82 Å². The molecule has 1 heterocycles. The van der Waals surface area contributed by atoms with Gasteiger partial charge < -0.3 is 10.1 Å². The molecule has 0 bridgehead atoms. The van der Waals surface area contributed by atoms with Crippen LogP contribution in [0.1, 0.15) is 23.9 Å². The van der Waals surface area contributed by atoms with Gasteiger partial charge in [-0.05, 0) is 4.92 Å². The minimum atomic E-state index is -0.712. The summed E-state index contributed by atoms with van der Waals surface area (Å²) in [5.74, 6) is -0.799. The van der Waals surface area contributed by atoms with Crippen LogP contribution in [0.25, 0.3) is 0 Å². The first kappa shape index (κ1) is 8.38. The first-order valence-corrected chi connectivity index (χ1v) is 3.29. The van der Waals surface area contributed by atoms with Gasteiger partial charge in [0.05, 0.1) is 6.07 Å². The lowest BCUT2D eigenvalue weighted by Crippen LogP contribution is -1.92. The normalized spacial score (nSPS) is 9.75. The molecule has 0 spiro atoms. The van der Waals surface area contributed by atoms with Crippen LogP contribution in [0.15, 0.2) is 10.6 Å². The van der Waals surface area contributed by atoms with Gasteiger partial charge in [0.2, 0.25) is 11.5 Å². The molecule has 1 aromatic heterocycles. The smallest absolute Gasteiger partial charge is 0.358 e. The maximum Gasteiger partial charge on any atom is 0.414 e. The van der Waals surface area contributed by atoms with Crippen molar-refractivity contribution in [2.24, 2.45) is 0 Å². The van der Waals surface area contributed by atoms with Crippen molar-refractivity contribution in [2.45, 2.75) is 13.3 Å². The van der Waals surface area contributed by atoms with Crippen molar-refractivity contribution < 1.29 is 14.2 Å². The van der Waals surface area contributed by atoms with Crippen molar-refractivity contribution >= 4 is 11.6 Å². The summed E-state index contributed by atoms with van der Waals surface area (Å²) in [5, 5.41) is 13.2. The molecule has 6 heteroatoms. The zero-order chi connectivity index (χ0) is 9.14. The Morgan fingerprint density at radius 1 is 1.83 bits per heavy atom. The number of carbonyl (C=O) groups is 1. The van der Waals surface area contributed by atoms with Gasteiger partial charge in [0, 0.05) is 6.42 Å². The Morgan fingerprint density at radius 2 is 2.50 bits per heavy atom. The molecule has 12 heavy (non-hydrogen) atoms. The highest BCUT2D eigenvalue weighted by Crippen LogP contribution is 2.12. The first-order valence-electron chi connectivity index (χ1n) is 3.29. The quantitative estimate of drug-likeness (QED) is 0.386. The lowest BCUT2D eigenvalue weighted by Gasteiger charge is -1.82. The number of Topliss-reactive ketones (excluding diaryl/α,β-unsaturated/α-hetero) is 1. The van der Waals surface area contributed by atoms with E-state index in [0.29, 0.717) is 0 Å². The van der Waals surface area contributed by atoms with Crippen molar-refractivity contribution in [1.29, 1.82) is 0 Å². The molecule has 0 aliphatic carbocycles. The average Bonchev–Trinajstić information content (AvgIpc) is 2.51. The van der Waals surface area contributed by atoms with E-state index in [4.69, 9.17) is 0 Å². The Bertz CT molecular complexity index is 317. The van der Waals surface area contributed by atoms with Gasteiger partial charge in [0.1, 0.15) is 0 Å².